The number of amides is 2. The van der Waals surface area contributed by atoms with Gasteiger partial charge in [-0.2, -0.15) is 4.72 Å². The maximum atomic E-state index is 13.6. The van der Waals surface area contributed by atoms with Crippen LogP contribution in [-0.2, 0) is 19.6 Å². The van der Waals surface area contributed by atoms with Gasteiger partial charge < -0.3 is 5.11 Å². The average Bonchev–Trinajstić information content (AvgIpc) is 2.49. The molecule has 0 aliphatic rings. The lowest BCUT2D eigenvalue weighted by atomic mass is 10.1. The molecule has 0 aromatic heterocycles. The van der Waals surface area contributed by atoms with Crippen molar-refractivity contribution in [1.29, 1.82) is 0 Å². The van der Waals surface area contributed by atoms with Crippen molar-refractivity contribution in [2.45, 2.75) is 24.8 Å². The van der Waals surface area contributed by atoms with Gasteiger partial charge in [-0.05, 0) is 18.1 Å². The van der Waals surface area contributed by atoms with E-state index >= 15 is 0 Å². The molecule has 0 saturated carbocycles. The predicted molar refractivity (Wildman–Crippen MR) is 78.7 cm³/mol. The first-order chi connectivity index (χ1) is 10.7. The number of hydrogen-bond donors (Lipinski definition) is 4. The molecule has 1 aromatic rings. The summed E-state index contributed by atoms with van der Waals surface area (Å²) >= 11 is 0. The van der Waals surface area contributed by atoms with Crippen LogP contribution < -0.4 is 15.6 Å². The van der Waals surface area contributed by atoms with Gasteiger partial charge in [0.25, 0.3) is 11.8 Å². The number of rotatable bonds is 6. The number of carbonyl (C=O) groups excluding carboxylic acids is 2. The molecule has 0 saturated heterocycles. The molecule has 128 valence electrons. The Kier molecular flexibility index (Phi) is 6.61. The van der Waals surface area contributed by atoms with Gasteiger partial charge in [0, 0.05) is 0 Å². The molecule has 2 amide bonds. The minimum absolute atomic E-state index is 0.484. The highest BCUT2D eigenvalue weighted by Crippen LogP contribution is 2.15. The highest BCUT2D eigenvalue weighted by atomic mass is 32.2. The molecule has 0 bridgehead atoms. The number of halogens is 1. The maximum absolute atomic E-state index is 13.6. The smallest absolute Gasteiger partial charge is 0.264 e. The van der Waals surface area contributed by atoms with E-state index in [1.54, 1.807) is 13.8 Å². The van der Waals surface area contributed by atoms with Gasteiger partial charge in [0.1, 0.15) is 23.4 Å². The summed E-state index contributed by atoms with van der Waals surface area (Å²) in [5.41, 5.74) is 3.89. The summed E-state index contributed by atoms with van der Waals surface area (Å²) in [6, 6.07) is 3.49. The molecule has 0 heterocycles. The Bertz CT molecular complexity index is 678. The zero-order valence-corrected chi connectivity index (χ0v) is 13.4. The molecule has 4 N–H and O–H groups in total. The Morgan fingerprint density at radius 3 is 2.35 bits per heavy atom. The van der Waals surface area contributed by atoms with E-state index < -0.39 is 51.1 Å². The second kappa shape index (κ2) is 7.99. The molecule has 1 atom stereocenters. The summed E-state index contributed by atoms with van der Waals surface area (Å²) in [6.45, 7) is 2.30. The zero-order chi connectivity index (χ0) is 17.6. The Labute approximate surface area is 133 Å². The van der Waals surface area contributed by atoms with E-state index in [0.717, 1.165) is 12.1 Å². The molecule has 10 heteroatoms. The SMILES string of the molecule is CC(C)C(NS(=O)(=O)c1ccccc1F)C(=O)NNC(=O)CO. The van der Waals surface area contributed by atoms with Crippen LogP contribution in [0.4, 0.5) is 4.39 Å². The van der Waals surface area contributed by atoms with Crippen molar-refractivity contribution in [1.82, 2.24) is 15.6 Å². The van der Waals surface area contributed by atoms with E-state index in [2.05, 4.69) is 4.72 Å². The number of carbonyl (C=O) groups is 2. The van der Waals surface area contributed by atoms with E-state index in [9.17, 15) is 22.4 Å². The second-order valence-electron chi connectivity index (χ2n) is 4.97. The summed E-state index contributed by atoms with van der Waals surface area (Å²) in [5, 5.41) is 8.54. The monoisotopic (exact) mass is 347 g/mol. The third kappa shape index (κ3) is 5.27. The Hall–Kier alpha value is -2.04. The minimum Gasteiger partial charge on any atom is -0.386 e. The molecular formula is C13H18FN3O5S. The maximum Gasteiger partial charge on any atom is 0.264 e. The molecule has 0 spiro atoms. The van der Waals surface area contributed by atoms with Gasteiger partial charge in [-0.25, -0.2) is 12.8 Å². The van der Waals surface area contributed by atoms with Crippen LogP contribution in [0, 0.1) is 11.7 Å². The van der Waals surface area contributed by atoms with Crippen LogP contribution >= 0.6 is 0 Å². The number of nitrogens with one attached hydrogen (secondary N) is 3. The van der Waals surface area contributed by atoms with Gasteiger partial charge >= 0.3 is 0 Å². The van der Waals surface area contributed by atoms with E-state index in [1.807, 2.05) is 10.9 Å². The van der Waals surface area contributed by atoms with Crippen molar-refractivity contribution in [3.05, 3.63) is 30.1 Å². The third-order valence-electron chi connectivity index (χ3n) is 2.83. The standard InChI is InChI=1S/C13H18FN3O5S/c1-8(2)12(13(20)16-15-11(19)7-18)17-23(21,22)10-6-4-3-5-9(10)14/h3-6,8,12,17-18H,7H2,1-2H3,(H,15,19)(H,16,20). The van der Waals surface area contributed by atoms with Crippen LogP contribution in [-0.4, -0.2) is 38.0 Å². The fourth-order valence-electron chi connectivity index (χ4n) is 1.63. The summed E-state index contributed by atoms with van der Waals surface area (Å²) in [6.07, 6.45) is 0. The normalized spacial score (nSPS) is 12.7. The van der Waals surface area contributed by atoms with Gasteiger partial charge in [-0.3, -0.25) is 20.4 Å². The number of benzene rings is 1. The molecule has 1 unspecified atom stereocenters. The lowest BCUT2D eigenvalue weighted by Crippen LogP contribution is -2.54. The van der Waals surface area contributed by atoms with Crippen LogP contribution in [0.25, 0.3) is 0 Å². The van der Waals surface area contributed by atoms with Gasteiger partial charge in [-0.15, -0.1) is 0 Å². The van der Waals surface area contributed by atoms with Crippen LogP contribution in [0.3, 0.4) is 0 Å². The Balaban J connectivity index is 2.93. The molecule has 8 nitrogen and oxygen atoms in total. The largest absolute Gasteiger partial charge is 0.386 e. The van der Waals surface area contributed by atoms with Crippen molar-refractivity contribution in [3.8, 4) is 0 Å². The van der Waals surface area contributed by atoms with Crippen LogP contribution in [0.2, 0.25) is 0 Å². The third-order valence-corrected chi connectivity index (χ3v) is 4.30. The first-order valence-corrected chi connectivity index (χ1v) is 8.13. The minimum atomic E-state index is -4.27. The highest BCUT2D eigenvalue weighted by molar-refractivity contribution is 7.89. The summed E-state index contributed by atoms with van der Waals surface area (Å²) in [7, 11) is -4.27. The zero-order valence-electron chi connectivity index (χ0n) is 12.5. The van der Waals surface area contributed by atoms with Crippen LogP contribution in [0.15, 0.2) is 29.2 Å². The molecule has 23 heavy (non-hydrogen) atoms. The fraction of sp³-hybridized carbons (Fsp3) is 0.385. The summed E-state index contributed by atoms with van der Waals surface area (Å²) in [5.74, 6) is -3.14. The molecule has 1 rings (SSSR count). The van der Waals surface area contributed by atoms with E-state index in [-0.39, 0.29) is 0 Å². The van der Waals surface area contributed by atoms with Gasteiger partial charge in [0.15, 0.2) is 0 Å². The predicted octanol–water partition coefficient (Wildman–Crippen LogP) is -0.732. The first-order valence-electron chi connectivity index (χ1n) is 6.65. The Morgan fingerprint density at radius 2 is 1.83 bits per heavy atom. The first kappa shape index (κ1) is 19.0. The van der Waals surface area contributed by atoms with Gasteiger partial charge in [0.2, 0.25) is 10.0 Å². The van der Waals surface area contributed by atoms with Crippen LogP contribution in [0.5, 0.6) is 0 Å². The summed E-state index contributed by atoms with van der Waals surface area (Å²) < 4.78 is 40.1. The van der Waals surface area contributed by atoms with E-state index in [1.165, 1.54) is 12.1 Å². The van der Waals surface area contributed by atoms with Gasteiger partial charge in [0.05, 0.1) is 0 Å². The number of hydrogen-bond acceptors (Lipinski definition) is 5. The molecular weight excluding hydrogens is 329 g/mol. The molecule has 0 aliphatic carbocycles. The number of sulfonamides is 1. The van der Waals surface area contributed by atoms with Crippen LogP contribution in [0.1, 0.15) is 13.8 Å². The molecule has 0 radical (unpaired) electrons. The van der Waals surface area contributed by atoms with E-state index in [0.29, 0.717) is 0 Å². The topological polar surface area (TPSA) is 125 Å². The van der Waals surface area contributed by atoms with Crippen molar-refractivity contribution in [3.63, 3.8) is 0 Å². The average molecular weight is 347 g/mol. The van der Waals surface area contributed by atoms with Crippen molar-refractivity contribution < 1.29 is 27.5 Å². The van der Waals surface area contributed by atoms with Gasteiger partial charge in [-0.1, -0.05) is 26.0 Å². The van der Waals surface area contributed by atoms with E-state index in [4.69, 9.17) is 5.11 Å². The lowest BCUT2D eigenvalue weighted by Gasteiger charge is -2.21. The van der Waals surface area contributed by atoms with Crippen molar-refractivity contribution >= 4 is 21.8 Å². The van der Waals surface area contributed by atoms with Crippen molar-refractivity contribution in [2.24, 2.45) is 5.92 Å². The summed E-state index contributed by atoms with van der Waals surface area (Å²) in [4.78, 5) is 22.3. The van der Waals surface area contributed by atoms with Crippen molar-refractivity contribution in [2.75, 3.05) is 6.61 Å². The highest BCUT2D eigenvalue weighted by Gasteiger charge is 2.29. The number of aliphatic hydroxyl groups is 1. The number of aliphatic hydroxyl groups excluding tert-OH is 1. The lowest BCUT2D eigenvalue weighted by molar-refractivity contribution is -0.131. The second-order valence-corrected chi connectivity index (χ2v) is 6.65. The molecule has 0 aliphatic heterocycles. The molecule has 1 aromatic carbocycles. The Morgan fingerprint density at radius 1 is 1.22 bits per heavy atom. The fourth-order valence-corrected chi connectivity index (χ4v) is 3.06. The molecule has 0 fully saturated rings. The number of hydrazine groups is 1. The quantitative estimate of drug-likeness (QED) is 0.505.